The first-order valence-corrected chi connectivity index (χ1v) is 8.57. The molecule has 1 aliphatic rings. The second-order valence-corrected chi connectivity index (χ2v) is 6.32. The Labute approximate surface area is 141 Å². The minimum Gasteiger partial charge on any atom is -0.341 e. The fraction of sp³-hybridized carbons (Fsp3) is 0.421. The third-order valence-electron chi connectivity index (χ3n) is 4.53. The van der Waals surface area contributed by atoms with Gasteiger partial charge < -0.3 is 4.90 Å². The molecule has 0 radical (unpaired) electrons. The number of benzene rings is 1. The number of aromatic nitrogens is 2. The van der Waals surface area contributed by atoms with Gasteiger partial charge in [0.2, 0.25) is 5.91 Å². The largest absolute Gasteiger partial charge is 0.341 e. The maximum atomic E-state index is 12.5. The molecule has 3 rings (SSSR count). The Balaban J connectivity index is 1.83. The quantitative estimate of drug-likeness (QED) is 0.872. The molecule has 0 aliphatic carbocycles. The van der Waals surface area contributed by atoms with E-state index in [0.29, 0.717) is 0 Å². The summed E-state index contributed by atoms with van der Waals surface area (Å²) in [5, 5.41) is 4.42. The van der Waals surface area contributed by atoms with Gasteiger partial charge in [0, 0.05) is 24.7 Å². The lowest BCUT2D eigenvalue weighted by Gasteiger charge is -2.20. The molecule has 1 saturated heterocycles. The molecular weight excluding hydrogens is 302 g/mol. The summed E-state index contributed by atoms with van der Waals surface area (Å²) in [5.41, 5.74) is 2.55. The third kappa shape index (κ3) is 3.72. The van der Waals surface area contributed by atoms with Crippen LogP contribution in [0.15, 0.2) is 41.2 Å². The fourth-order valence-corrected chi connectivity index (χ4v) is 3.11. The van der Waals surface area contributed by atoms with Gasteiger partial charge in [-0.2, -0.15) is 5.10 Å². The van der Waals surface area contributed by atoms with Crippen LogP contribution in [-0.4, -0.2) is 33.7 Å². The van der Waals surface area contributed by atoms with Gasteiger partial charge in [-0.15, -0.1) is 0 Å². The van der Waals surface area contributed by atoms with Crippen molar-refractivity contribution in [2.75, 3.05) is 13.1 Å². The van der Waals surface area contributed by atoms with Crippen LogP contribution < -0.4 is 5.56 Å². The lowest BCUT2D eigenvalue weighted by atomic mass is 10.1. The summed E-state index contributed by atoms with van der Waals surface area (Å²) in [7, 11) is 0. The average Bonchev–Trinajstić information content (AvgIpc) is 2.87. The van der Waals surface area contributed by atoms with E-state index in [-0.39, 0.29) is 18.0 Å². The smallest absolute Gasteiger partial charge is 0.267 e. The molecule has 0 spiro atoms. The van der Waals surface area contributed by atoms with Crippen molar-refractivity contribution in [1.29, 1.82) is 0 Å². The molecule has 5 nitrogen and oxygen atoms in total. The number of aryl methyl sites for hydroxylation is 1. The van der Waals surface area contributed by atoms with E-state index in [2.05, 4.69) is 5.10 Å². The number of nitrogens with zero attached hydrogens (tertiary/aromatic N) is 3. The molecule has 0 saturated carbocycles. The monoisotopic (exact) mass is 325 g/mol. The number of carbonyl (C=O) groups is 1. The van der Waals surface area contributed by atoms with E-state index < -0.39 is 0 Å². The Kier molecular flexibility index (Phi) is 5.08. The lowest BCUT2D eigenvalue weighted by Crippen LogP contribution is -2.37. The van der Waals surface area contributed by atoms with E-state index in [4.69, 9.17) is 0 Å². The second-order valence-electron chi connectivity index (χ2n) is 6.32. The molecule has 1 aromatic carbocycles. The van der Waals surface area contributed by atoms with E-state index in [0.717, 1.165) is 42.8 Å². The average molecular weight is 325 g/mol. The first kappa shape index (κ1) is 16.4. The van der Waals surface area contributed by atoms with E-state index in [9.17, 15) is 9.59 Å². The molecule has 0 bridgehead atoms. The van der Waals surface area contributed by atoms with Crippen LogP contribution >= 0.6 is 0 Å². The van der Waals surface area contributed by atoms with Crippen LogP contribution in [0.2, 0.25) is 0 Å². The molecule has 5 heteroatoms. The Morgan fingerprint density at radius 2 is 1.75 bits per heavy atom. The fourth-order valence-electron chi connectivity index (χ4n) is 3.11. The van der Waals surface area contributed by atoms with Gasteiger partial charge in [0.15, 0.2) is 0 Å². The number of carbonyl (C=O) groups excluding carboxylic acids is 1. The second kappa shape index (κ2) is 7.43. The van der Waals surface area contributed by atoms with Crippen LogP contribution in [0.1, 0.15) is 31.2 Å². The van der Waals surface area contributed by atoms with Crippen molar-refractivity contribution in [2.45, 2.75) is 39.2 Å². The number of amides is 1. The minimum atomic E-state index is -0.240. The van der Waals surface area contributed by atoms with Crippen molar-refractivity contribution in [3.63, 3.8) is 0 Å². The highest BCUT2D eigenvalue weighted by molar-refractivity contribution is 5.76. The number of hydrogen-bond acceptors (Lipinski definition) is 3. The van der Waals surface area contributed by atoms with Gasteiger partial charge in [-0.05, 0) is 31.4 Å². The van der Waals surface area contributed by atoms with Crippen molar-refractivity contribution < 1.29 is 4.79 Å². The molecule has 2 heterocycles. The van der Waals surface area contributed by atoms with Gasteiger partial charge in [-0.3, -0.25) is 9.59 Å². The van der Waals surface area contributed by atoms with Gasteiger partial charge in [0.05, 0.1) is 5.69 Å². The van der Waals surface area contributed by atoms with Crippen LogP contribution in [-0.2, 0) is 11.3 Å². The Morgan fingerprint density at radius 1 is 1.04 bits per heavy atom. The van der Waals surface area contributed by atoms with Crippen molar-refractivity contribution >= 4 is 5.91 Å². The Bertz CT molecular complexity index is 774. The molecule has 0 N–H and O–H groups in total. The first-order chi connectivity index (χ1) is 11.6. The van der Waals surface area contributed by atoms with Gasteiger partial charge in [-0.25, -0.2) is 4.68 Å². The van der Waals surface area contributed by atoms with Crippen LogP contribution in [0.3, 0.4) is 0 Å². The highest BCUT2D eigenvalue weighted by atomic mass is 16.2. The zero-order valence-electron chi connectivity index (χ0n) is 14.1. The zero-order chi connectivity index (χ0) is 16.9. The molecule has 2 aromatic rings. The van der Waals surface area contributed by atoms with Crippen molar-refractivity contribution in [3.8, 4) is 11.3 Å². The summed E-state index contributed by atoms with van der Waals surface area (Å²) in [6.45, 7) is 3.59. The maximum Gasteiger partial charge on any atom is 0.267 e. The highest BCUT2D eigenvalue weighted by Gasteiger charge is 2.17. The van der Waals surface area contributed by atoms with Crippen LogP contribution in [0.4, 0.5) is 0 Å². The Morgan fingerprint density at radius 3 is 2.46 bits per heavy atom. The van der Waals surface area contributed by atoms with E-state index in [1.807, 2.05) is 36.1 Å². The summed E-state index contributed by atoms with van der Waals surface area (Å²) >= 11 is 0. The van der Waals surface area contributed by atoms with Crippen molar-refractivity contribution in [1.82, 2.24) is 14.7 Å². The predicted molar refractivity (Wildman–Crippen MR) is 93.7 cm³/mol. The summed E-state index contributed by atoms with van der Waals surface area (Å²) in [4.78, 5) is 26.5. The zero-order valence-corrected chi connectivity index (χ0v) is 14.1. The normalized spacial score (nSPS) is 15.1. The highest BCUT2D eigenvalue weighted by Crippen LogP contribution is 2.19. The predicted octanol–water partition coefficient (Wildman–Crippen LogP) is 2.62. The molecule has 126 valence electrons. The van der Waals surface area contributed by atoms with Gasteiger partial charge in [0.25, 0.3) is 5.56 Å². The van der Waals surface area contributed by atoms with Gasteiger partial charge >= 0.3 is 0 Å². The van der Waals surface area contributed by atoms with Crippen LogP contribution in [0.5, 0.6) is 0 Å². The molecule has 1 aromatic heterocycles. The summed E-state index contributed by atoms with van der Waals surface area (Å²) in [5.74, 6) is -0.0200. The standard InChI is InChI=1S/C19H23N3O2/c1-15-8-4-5-9-16(15)17-10-11-18(23)22(20-17)14-19(24)21-12-6-2-3-7-13-21/h4-5,8-11H,2-3,6-7,12-14H2,1H3. The molecule has 24 heavy (non-hydrogen) atoms. The summed E-state index contributed by atoms with van der Waals surface area (Å²) < 4.78 is 1.29. The minimum absolute atomic E-state index is 0.0125. The Hall–Kier alpha value is -2.43. The number of hydrogen-bond donors (Lipinski definition) is 0. The van der Waals surface area contributed by atoms with Crippen molar-refractivity contribution in [2.24, 2.45) is 0 Å². The molecular formula is C19H23N3O2. The molecule has 1 aliphatic heterocycles. The topological polar surface area (TPSA) is 55.2 Å². The molecule has 1 fully saturated rings. The third-order valence-corrected chi connectivity index (χ3v) is 4.53. The van der Waals surface area contributed by atoms with Crippen LogP contribution in [0, 0.1) is 6.92 Å². The van der Waals surface area contributed by atoms with E-state index in [1.165, 1.54) is 23.6 Å². The summed E-state index contributed by atoms with van der Waals surface area (Å²) in [6.07, 6.45) is 4.42. The number of rotatable bonds is 3. The van der Waals surface area contributed by atoms with E-state index >= 15 is 0 Å². The molecule has 0 atom stereocenters. The lowest BCUT2D eigenvalue weighted by molar-refractivity contribution is -0.132. The van der Waals surface area contributed by atoms with E-state index in [1.54, 1.807) is 6.07 Å². The van der Waals surface area contributed by atoms with Crippen LogP contribution in [0.25, 0.3) is 11.3 Å². The van der Waals surface area contributed by atoms with Crippen molar-refractivity contribution in [3.05, 3.63) is 52.3 Å². The number of likely N-dealkylation sites (tertiary alicyclic amines) is 1. The van der Waals surface area contributed by atoms with Gasteiger partial charge in [0.1, 0.15) is 6.54 Å². The SMILES string of the molecule is Cc1ccccc1-c1ccc(=O)n(CC(=O)N2CCCCCC2)n1. The first-order valence-electron chi connectivity index (χ1n) is 8.57. The molecule has 1 amide bonds. The summed E-state index contributed by atoms with van der Waals surface area (Å²) in [6, 6.07) is 11.1. The van der Waals surface area contributed by atoms with Gasteiger partial charge in [-0.1, -0.05) is 37.1 Å². The maximum absolute atomic E-state index is 12.5. The molecule has 0 unspecified atom stereocenters.